The number of fused-ring (bicyclic) bond motifs is 1. The Bertz CT molecular complexity index is 935. The van der Waals surface area contributed by atoms with Gasteiger partial charge < -0.3 is 0 Å². The molecule has 0 amide bonds. The number of thioether (sulfide) groups is 1. The molecule has 0 radical (unpaired) electrons. The summed E-state index contributed by atoms with van der Waals surface area (Å²) < 4.78 is 14.7. The molecule has 118 valence electrons. The molecule has 0 atom stereocenters. The van der Waals surface area contributed by atoms with Gasteiger partial charge in [0, 0.05) is 5.69 Å². The summed E-state index contributed by atoms with van der Waals surface area (Å²) >= 11 is 1.46. The van der Waals surface area contributed by atoms with Crippen LogP contribution >= 0.6 is 11.8 Å². The summed E-state index contributed by atoms with van der Waals surface area (Å²) in [5.41, 5.74) is 2.55. The summed E-state index contributed by atoms with van der Waals surface area (Å²) in [6.45, 7) is 5.75. The summed E-state index contributed by atoms with van der Waals surface area (Å²) in [5, 5.41) is 1.06. The van der Waals surface area contributed by atoms with Crippen LogP contribution in [0.4, 0.5) is 4.39 Å². The lowest BCUT2D eigenvalue weighted by Crippen LogP contribution is -2.23. The van der Waals surface area contributed by atoms with E-state index in [1.165, 1.54) is 28.5 Å². The van der Waals surface area contributed by atoms with Gasteiger partial charge in [-0.05, 0) is 55.5 Å². The van der Waals surface area contributed by atoms with Gasteiger partial charge in [0.1, 0.15) is 5.82 Å². The number of nitrogens with zero attached hydrogens (tertiary/aromatic N) is 3. The molecular formula is C17H16FN3OS. The van der Waals surface area contributed by atoms with Crippen LogP contribution in [-0.2, 0) is 0 Å². The van der Waals surface area contributed by atoms with E-state index in [0.717, 1.165) is 17.0 Å². The minimum absolute atomic E-state index is 0.178. The number of halogens is 1. The average Bonchev–Trinajstić information content (AvgIpc) is 2.48. The van der Waals surface area contributed by atoms with Crippen LogP contribution in [0.5, 0.6) is 0 Å². The van der Waals surface area contributed by atoms with Crippen molar-refractivity contribution in [2.45, 2.75) is 25.9 Å². The summed E-state index contributed by atoms with van der Waals surface area (Å²) in [5.74, 6) is 0.429. The molecule has 0 spiro atoms. The third-order valence-corrected chi connectivity index (χ3v) is 4.31. The van der Waals surface area contributed by atoms with Crippen molar-refractivity contribution < 1.29 is 4.39 Å². The fourth-order valence-electron chi connectivity index (χ4n) is 2.55. The third kappa shape index (κ3) is 2.86. The highest BCUT2D eigenvalue weighted by atomic mass is 32.2. The molecule has 0 aliphatic rings. The molecule has 2 heterocycles. The number of aromatic nitrogens is 3. The zero-order valence-electron chi connectivity index (χ0n) is 13.1. The first-order valence-corrected chi connectivity index (χ1v) is 8.29. The molecule has 0 aliphatic heterocycles. The Hall–Kier alpha value is -2.21. The van der Waals surface area contributed by atoms with Crippen LogP contribution in [0.25, 0.3) is 16.7 Å². The van der Waals surface area contributed by atoms with E-state index in [1.54, 1.807) is 12.1 Å². The molecule has 6 heteroatoms. The predicted molar refractivity (Wildman–Crippen MR) is 91.0 cm³/mol. The Morgan fingerprint density at radius 2 is 1.87 bits per heavy atom. The molecule has 0 N–H and O–H groups in total. The lowest BCUT2D eigenvalue weighted by atomic mass is 10.2. The number of benzene rings is 1. The maximum Gasteiger partial charge on any atom is 0.268 e. The van der Waals surface area contributed by atoms with Gasteiger partial charge in [-0.1, -0.05) is 18.7 Å². The summed E-state index contributed by atoms with van der Waals surface area (Å²) in [4.78, 5) is 22.0. The molecule has 1 aromatic carbocycles. The van der Waals surface area contributed by atoms with Gasteiger partial charge in [0.15, 0.2) is 10.8 Å². The van der Waals surface area contributed by atoms with Crippen molar-refractivity contribution in [1.29, 1.82) is 0 Å². The molecule has 4 nitrogen and oxygen atoms in total. The van der Waals surface area contributed by atoms with E-state index in [4.69, 9.17) is 0 Å². The van der Waals surface area contributed by atoms with Crippen molar-refractivity contribution in [1.82, 2.24) is 14.5 Å². The van der Waals surface area contributed by atoms with Gasteiger partial charge in [0.05, 0.1) is 11.1 Å². The quantitative estimate of drug-likeness (QED) is 0.544. The van der Waals surface area contributed by atoms with E-state index < -0.39 is 0 Å². The molecule has 3 aromatic rings. The van der Waals surface area contributed by atoms with Gasteiger partial charge in [0.2, 0.25) is 0 Å². The number of hydrogen-bond acceptors (Lipinski definition) is 4. The van der Waals surface area contributed by atoms with Gasteiger partial charge >= 0.3 is 0 Å². The molecule has 0 fully saturated rings. The number of pyridine rings is 1. The molecule has 0 unspecified atom stereocenters. The molecule has 0 bridgehead atoms. The second kappa shape index (κ2) is 6.12. The minimum atomic E-state index is -0.339. The topological polar surface area (TPSA) is 47.8 Å². The summed E-state index contributed by atoms with van der Waals surface area (Å²) in [6, 6.07) is 7.72. The van der Waals surface area contributed by atoms with Crippen LogP contribution in [0.3, 0.4) is 0 Å². The van der Waals surface area contributed by atoms with Crippen molar-refractivity contribution in [2.24, 2.45) is 0 Å². The largest absolute Gasteiger partial charge is 0.268 e. The molecule has 0 saturated heterocycles. The smallest absolute Gasteiger partial charge is 0.268 e. The van der Waals surface area contributed by atoms with Crippen LogP contribution in [0.1, 0.15) is 18.2 Å². The lowest BCUT2D eigenvalue weighted by Gasteiger charge is -2.13. The van der Waals surface area contributed by atoms with Crippen LogP contribution in [0.15, 0.2) is 40.3 Å². The summed E-state index contributed by atoms with van der Waals surface area (Å²) in [6.07, 6.45) is 0. The van der Waals surface area contributed by atoms with E-state index in [-0.39, 0.29) is 11.4 Å². The van der Waals surface area contributed by atoms with Crippen molar-refractivity contribution >= 4 is 22.8 Å². The zero-order chi connectivity index (χ0) is 16.6. The van der Waals surface area contributed by atoms with Crippen LogP contribution < -0.4 is 5.56 Å². The van der Waals surface area contributed by atoms with Gasteiger partial charge in [-0.15, -0.1) is 0 Å². The minimum Gasteiger partial charge on any atom is -0.268 e. The average molecular weight is 329 g/mol. The molecule has 2 aromatic heterocycles. The second-order valence-corrected chi connectivity index (χ2v) is 6.45. The normalized spacial score (nSPS) is 11.1. The van der Waals surface area contributed by atoms with E-state index in [9.17, 15) is 9.18 Å². The number of rotatable bonds is 3. The van der Waals surface area contributed by atoms with Crippen molar-refractivity contribution in [2.75, 3.05) is 5.75 Å². The fraction of sp³-hybridized carbons (Fsp3) is 0.235. The van der Waals surface area contributed by atoms with Crippen LogP contribution in [0.2, 0.25) is 0 Å². The van der Waals surface area contributed by atoms with Crippen LogP contribution in [-0.4, -0.2) is 20.3 Å². The van der Waals surface area contributed by atoms with Gasteiger partial charge in [0.25, 0.3) is 5.56 Å². The Morgan fingerprint density at radius 1 is 1.17 bits per heavy atom. The van der Waals surface area contributed by atoms with Crippen LogP contribution in [0, 0.1) is 19.7 Å². The van der Waals surface area contributed by atoms with Gasteiger partial charge in [-0.25, -0.2) is 14.4 Å². The molecule has 0 saturated carbocycles. The standard InChI is InChI=1S/C17H16FN3OS/c1-4-23-17-20-15-14(10(2)9-11(3)19-15)16(22)21(17)13-7-5-12(18)6-8-13/h5-9H,4H2,1-3H3. The maximum absolute atomic E-state index is 13.2. The third-order valence-electron chi connectivity index (χ3n) is 3.49. The highest BCUT2D eigenvalue weighted by Crippen LogP contribution is 2.22. The Kier molecular flexibility index (Phi) is 4.17. The van der Waals surface area contributed by atoms with E-state index in [0.29, 0.717) is 21.9 Å². The Morgan fingerprint density at radius 3 is 2.52 bits per heavy atom. The second-order valence-electron chi connectivity index (χ2n) is 5.22. The van der Waals surface area contributed by atoms with E-state index in [1.807, 2.05) is 26.8 Å². The molecule has 3 rings (SSSR count). The monoisotopic (exact) mass is 329 g/mol. The Balaban J connectivity index is 2.39. The van der Waals surface area contributed by atoms with Crippen molar-refractivity contribution in [3.63, 3.8) is 0 Å². The van der Waals surface area contributed by atoms with E-state index in [2.05, 4.69) is 9.97 Å². The maximum atomic E-state index is 13.2. The first-order chi connectivity index (χ1) is 11.0. The van der Waals surface area contributed by atoms with Gasteiger partial charge in [-0.3, -0.25) is 9.36 Å². The number of aryl methyl sites for hydroxylation is 2. The fourth-order valence-corrected chi connectivity index (χ4v) is 3.27. The van der Waals surface area contributed by atoms with Crippen molar-refractivity contribution in [3.8, 4) is 5.69 Å². The number of hydrogen-bond donors (Lipinski definition) is 0. The molecule has 23 heavy (non-hydrogen) atoms. The first-order valence-electron chi connectivity index (χ1n) is 7.31. The van der Waals surface area contributed by atoms with Crippen molar-refractivity contribution in [3.05, 3.63) is 57.8 Å². The van der Waals surface area contributed by atoms with E-state index >= 15 is 0 Å². The lowest BCUT2D eigenvalue weighted by molar-refractivity contribution is 0.627. The first kappa shape index (κ1) is 15.7. The summed E-state index contributed by atoms with van der Waals surface area (Å²) in [7, 11) is 0. The SMILES string of the molecule is CCSc1nc2nc(C)cc(C)c2c(=O)n1-c1ccc(F)cc1. The molecular weight excluding hydrogens is 313 g/mol. The highest BCUT2D eigenvalue weighted by Gasteiger charge is 2.15. The van der Waals surface area contributed by atoms with Gasteiger partial charge in [-0.2, -0.15) is 0 Å². The predicted octanol–water partition coefficient (Wildman–Crippen LogP) is 3.65. The zero-order valence-corrected chi connectivity index (χ0v) is 13.9. The molecule has 0 aliphatic carbocycles. The Labute approximate surface area is 137 Å². The highest BCUT2D eigenvalue weighted by molar-refractivity contribution is 7.99.